The highest BCUT2D eigenvalue weighted by Gasteiger charge is 2.24. The van der Waals surface area contributed by atoms with E-state index < -0.39 is 0 Å². The molecule has 0 aliphatic carbocycles. The van der Waals surface area contributed by atoms with Gasteiger partial charge in [0.25, 0.3) is 5.91 Å². The number of piperidine rings is 1. The van der Waals surface area contributed by atoms with Gasteiger partial charge in [0.05, 0.1) is 25.0 Å². The molecule has 2 aromatic heterocycles. The van der Waals surface area contributed by atoms with Crippen molar-refractivity contribution in [3.8, 4) is 0 Å². The van der Waals surface area contributed by atoms with Gasteiger partial charge in [0.15, 0.2) is 0 Å². The maximum Gasteiger partial charge on any atom is 0.255 e. The zero-order valence-electron chi connectivity index (χ0n) is 15.6. The monoisotopic (exact) mass is 371 g/mol. The molecule has 144 valence electrons. The van der Waals surface area contributed by atoms with Gasteiger partial charge in [0.2, 0.25) is 0 Å². The number of anilines is 2. The molecule has 0 spiro atoms. The van der Waals surface area contributed by atoms with Crippen LogP contribution in [0, 0.1) is 6.92 Å². The van der Waals surface area contributed by atoms with E-state index in [9.17, 15) is 4.79 Å². The number of aromatic nitrogens is 2. The van der Waals surface area contributed by atoms with E-state index >= 15 is 0 Å². The van der Waals surface area contributed by atoms with E-state index in [-0.39, 0.29) is 11.9 Å². The molecule has 4 rings (SSSR count). The third-order valence-electron chi connectivity index (χ3n) is 5.23. The topological polar surface area (TPSA) is 83.7 Å². The molecule has 2 fully saturated rings. The van der Waals surface area contributed by atoms with Crippen molar-refractivity contribution in [3.05, 3.63) is 36.0 Å². The molecule has 2 aromatic rings. The molecule has 1 N–H and O–H groups in total. The van der Waals surface area contributed by atoms with E-state index in [0.29, 0.717) is 11.3 Å². The maximum absolute atomic E-state index is 12.3. The van der Waals surface area contributed by atoms with Crippen LogP contribution in [0.2, 0.25) is 0 Å². The number of aryl methyl sites for hydroxylation is 1. The first-order valence-electron chi connectivity index (χ1n) is 9.45. The molecule has 2 saturated heterocycles. The minimum atomic E-state index is -0.0589. The van der Waals surface area contributed by atoms with Crippen LogP contribution in [0.25, 0.3) is 0 Å². The maximum atomic E-state index is 12.3. The number of nitrogens with one attached hydrogen (secondary N) is 1. The average Bonchev–Trinajstić information content (AvgIpc) is 3.15. The largest absolute Gasteiger partial charge is 0.469 e. The van der Waals surface area contributed by atoms with Crippen LogP contribution in [0.15, 0.2) is 29.1 Å². The van der Waals surface area contributed by atoms with Gasteiger partial charge in [0, 0.05) is 38.3 Å². The molecule has 2 aliphatic heterocycles. The van der Waals surface area contributed by atoms with Crippen LogP contribution in [0.4, 0.5) is 11.6 Å². The zero-order chi connectivity index (χ0) is 18.6. The molecule has 0 radical (unpaired) electrons. The third kappa shape index (κ3) is 4.05. The van der Waals surface area contributed by atoms with Crippen LogP contribution < -0.4 is 15.1 Å². The summed E-state index contributed by atoms with van der Waals surface area (Å²) in [6, 6.07) is 3.94. The van der Waals surface area contributed by atoms with Gasteiger partial charge in [-0.05, 0) is 25.8 Å². The first-order chi connectivity index (χ1) is 13.2. The minimum Gasteiger partial charge on any atom is -0.469 e. The molecule has 0 bridgehead atoms. The summed E-state index contributed by atoms with van der Waals surface area (Å²) in [4.78, 5) is 25.7. The second-order valence-electron chi connectivity index (χ2n) is 6.96. The summed E-state index contributed by atoms with van der Waals surface area (Å²) in [5.74, 6) is 2.49. The summed E-state index contributed by atoms with van der Waals surface area (Å²) < 4.78 is 10.6. The highest BCUT2D eigenvalue weighted by atomic mass is 16.5. The summed E-state index contributed by atoms with van der Waals surface area (Å²) in [6.45, 7) is 6.71. The molecule has 0 saturated carbocycles. The number of rotatable bonds is 4. The third-order valence-corrected chi connectivity index (χ3v) is 5.23. The Balaban J connectivity index is 1.34. The van der Waals surface area contributed by atoms with Crippen LogP contribution in [0.1, 0.15) is 29.0 Å². The normalized spacial score (nSPS) is 18.6. The van der Waals surface area contributed by atoms with Gasteiger partial charge >= 0.3 is 0 Å². The first kappa shape index (κ1) is 17.8. The number of carbonyl (C=O) groups is 1. The summed E-state index contributed by atoms with van der Waals surface area (Å²) >= 11 is 0. The van der Waals surface area contributed by atoms with Gasteiger partial charge in [0.1, 0.15) is 23.7 Å². The lowest BCUT2D eigenvalue weighted by molar-refractivity contribution is 0.0929. The molecular formula is C19H25N5O3. The van der Waals surface area contributed by atoms with E-state index in [2.05, 4.69) is 31.2 Å². The molecule has 2 aliphatic rings. The van der Waals surface area contributed by atoms with E-state index in [1.54, 1.807) is 25.6 Å². The number of amides is 1. The van der Waals surface area contributed by atoms with Crippen molar-refractivity contribution in [1.29, 1.82) is 0 Å². The zero-order valence-corrected chi connectivity index (χ0v) is 15.6. The number of hydrogen-bond acceptors (Lipinski definition) is 7. The minimum absolute atomic E-state index is 0.0589. The average molecular weight is 371 g/mol. The SMILES string of the molecule is Cc1occc1C(=O)NC1CCN(c2cc(N3CCOCC3)ncn2)CC1. The van der Waals surface area contributed by atoms with E-state index in [0.717, 1.165) is 63.9 Å². The molecule has 8 nitrogen and oxygen atoms in total. The summed E-state index contributed by atoms with van der Waals surface area (Å²) in [5.41, 5.74) is 0.614. The van der Waals surface area contributed by atoms with Crippen LogP contribution in [-0.4, -0.2) is 61.3 Å². The van der Waals surface area contributed by atoms with Crippen LogP contribution in [0.3, 0.4) is 0 Å². The Morgan fingerprint density at radius 1 is 1.11 bits per heavy atom. The fourth-order valence-electron chi connectivity index (χ4n) is 3.61. The molecule has 0 unspecified atom stereocenters. The number of morpholine rings is 1. The Hall–Kier alpha value is -2.61. The molecule has 1 amide bonds. The molecular weight excluding hydrogens is 346 g/mol. The highest BCUT2D eigenvalue weighted by molar-refractivity contribution is 5.95. The fraction of sp³-hybridized carbons (Fsp3) is 0.526. The number of carbonyl (C=O) groups excluding carboxylic acids is 1. The van der Waals surface area contributed by atoms with Crippen molar-refractivity contribution in [2.24, 2.45) is 0 Å². The lowest BCUT2D eigenvalue weighted by atomic mass is 10.0. The summed E-state index contributed by atoms with van der Waals surface area (Å²) in [7, 11) is 0. The van der Waals surface area contributed by atoms with Gasteiger partial charge in [-0.2, -0.15) is 0 Å². The Morgan fingerprint density at radius 3 is 2.41 bits per heavy atom. The van der Waals surface area contributed by atoms with E-state index in [1.165, 1.54) is 0 Å². The van der Waals surface area contributed by atoms with Crippen LogP contribution in [0.5, 0.6) is 0 Å². The lowest BCUT2D eigenvalue weighted by Gasteiger charge is -2.34. The van der Waals surface area contributed by atoms with Crippen molar-refractivity contribution < 1.29 is 13.9 Å². The highest BCUT2D eigenvalue weighted by Crippen LogP contribution is 2.22. The number of hydrogen-bond donors (Lipinski definition) is 1. The van der Waals surface area contributed by atoms with Gasteiger partial charge in [-0.1, -0.05) is 0 Å². The van der Waals surface area contributed by atoms with Crippen molar-refractivity contribution in [1.82, 2.24) is 15.3 Å². The van der Waals surface area contributed by atoms with Crippen LogP contribution >= 0.6 is 0 Å². The van der Waals surface area contributed by atoms with Gasteiger partial charge in [-0.25, -0.2) is 9.97 Å². The fourth-order valence-corrected chi connectivity index (χ4v) is 3.61. The van der Waals surface area contributed by atoms with Crippen molar-refractivity contribution >= 4 is 17.5 Å². The van der Waals surface area contributed by atoms with Gasteiger partial charge < -0.3 is 24.3 Å². The number of ether oxygens (including phenoxy) is 1. The molecule has 27 heavy (non-hydrogen) atoms. The second-order valence-corrected chi connectivity index (χ2v) is 6.96. The van der Waals surface area contributed by atoms with Crippen molar-refractivity contribution in [2.75, 3.05) is 49.2 Å². The Morgan fingerprint density at radius 2 is 1.78 bits per heavy atom. The van der Waals surface area contributed by atoms with Gasteiger partial charge in [-0.3, -0.25) is 4.79 Å². The quantitative estimate of drug-likeness (QED) is 0.874. The van der Waals surface area contributed by atoms with Crippen LogP contribution in [-0.2, 0) is 4.74 Å². The predicted molar refractivity (Wildman–Crippen MR) is 101 cm³/mol. The lowest BCUT2D eigenvalue weighted by Crippen LogP contribution is -2.45. The molecule has 0 atom stereocenters. The van der Waals surface area contributed by atoms with E-state index in [4.69, 9.17) is 9.15 Å². The Labute approximate surface area is 158 Å². The molecule has 0 aromatic carbocycles. The standard InChI is InChI=1S/C19H25N5O3/c1-14-16(4-9-27-14)19(25)22-15-2-5-23(6-3-15)17-12-18(21-13-20-17)24-7-10-26-11-8-24/h4,9,12-13,15H,2-3,5-8,10-11H2,1H3,(H,22,25). The van der Waals surface area contributed by atoms with Crippen molar-refractivity contribution in [2.45, 2.75) is 25.8 Å². The number of nitrogens with zero attached hydrogens (tertiary/aromatic N) is 4. The predicted octanol–water partition coefficient (Wildman–Crippen LogP) is 1.61. The molecule has 4 heterocycles. The second kappa shape index (κ2) is 7.96. The number of furan rings is 1. The summed E-state index contributed by atoms with van der Waals surface area (Å²) in [5, 5.41) is 3.12. The smallest absolute Gasteiger partial charge is 0.255 e. The molecule has 8 heteroatoms. The Bertz CT molecular complexity index is 779. The summed E-state index contributed by atoms with van der Waals surface area (Å²) in [6.07, 6.45) is 4.96. The van der Waals surface area contributed by atoms with Crippen molar-refractivity contribution in [3.63, 3.8) is 0 Å². The first-order valence-corrected chi connectivity index (χ1v) is 9.45. The Kier molecular flexibility index (Phi) is 5.24. The van der Waals surface area contributed by atoms with Gasteiger partial charge in [-0.15, -0.1) is 0 Å². The van der Waals surface area contributed by atoms with E-state index in [1.807, 2.05) is 0 Å².